The minimum absolute atomic E-state index is 0.122. The third-order valence-corrected chi connectivity index (χ3v) is 3.99. The molecular formula is C17H29NO5. The number of ether oxygens (including phenoxy) is 1. The van der Waals surface area contributed by atoms with Gasteiger partial charge in [0.15, 0.2) is 0 Å². The standard InChI is InChI=1S/C17H29NO5/c1-16(2,3)23-13(19)8-9-17(4,5)18-14(20)11-6-7-12(10-11)15(21)22/h11-12H,6-10H2,1-5H3,(H,18,20)(H,21,22)/t11-,12+/m1/s1. The average molecular weight is 327 g/mol. The highest BCUT2D eigenvalue weighted by atomic mass is 16.6. The van der Waals surface area contributed by atoms with Crippen molar-refractivity contribution in [3.05, 3.63) is 0 Å². The summed E-state index contributed by atoms with van der Waals surface area (Å²) in [5.74, 6) is -1.91. The van der Waals surface area contributed by atoms with Gasteiger partial charge < -0.3 is 15.2 Å². The molecule has 1 aliphatic carbocycles. The van der Waals surface area contributed by atoms with Crippen molar-refractivity contribution in [2.24, 2.45) is 11.8 Å². The zero-order chi connectivity index (χ0) is 17.8. The van der Waals surface area contributed by atoms with Crippen LogP contribution in [0, 0.1) is 11.8 Å². The van der Waals surface area contributed by atoms with E-state index in [2.05, 4.69) is 5.32 Å². The molecule has 0 heterocycles. The van der Waals surface area contributed by atoms with E-state index in [-0.39, 0.29) is 24.2 Å². The fourth-order valence-corrected chi connectivity index (χ4v) is 2.75. The van der Waals surface area contributed by atoms with Crippen LogP contribution in [0.25, 0.3) is 0 Å². The maximum absolute atomic E-state index is 12.3. The summed E-state index contributed by atoms with van der Waals surface area (Å²) in [6, 6.07) is 0. The summed E-state index contributed by atoms with van der Waals surface area (Å²) in [4.78, 5) is 35.0. The van der Waals surface area contributed by atoms with Crippen LogP contribution in [-0.2, 0) is 19.1 Å². The fraction of sp³-hybridized carbons (Fsp3) is 0.824. The Morgan fingerprint density at radius 2 is 1.65 bits per heavy atom. The van der Waals surface area contributed by atoms with Crippen molar-refractivity contribution in [3.8, 4) is 0 Å². The first-order valence-electron chi connectivity index (χ1n) is 8.16. The first-order chi connectivity index (χ1) is 10.4. The second-order valence-electron chi connectivity index (χ2n) is 8.00. The molecule has 132 valence electrons. The van der Waals surface area contributed by atoms with E-state index >= 15 is 0 Å². The van der Waals surface area contributed by atoms with Crippen molar-refractivity contribution >= 4 is 17.8 Å². The van der Waals surface area contributed by atoms with Crippen molar-refractivity contribution in [1.82, 2.24) is 5.32 Å². The lowest BCUT2D eigenvalue weighted by molar-refractivity contribution is -0.155. The second kappa shape index (κ2) is 7.32. The van der Waals surface area contributed by atoms with E-state index in [0.29, 0.717) is 25.7 Å². The van der Waals surface area contributed by atoms with Crippen LogP contribution in [0.5, 0.6) is 0 Å². The molecule has 2 N–H and O–H groups in total. The Labute approximate surface area is 138 Å². The van der Waals surface area contributed by atoms with E-state index in [1.54, 1.807) is 0 Å². The third kappa shape index (κ3) is 7.01. The van der Waals surface area contributed by atoms with E-state index in [0.717, 1.165) is 0 Å². The molecule has 6 nitrogen and oxygen atoms in total. The Hall–Kier alpha value is -1.59. The molecule has 0 spiro atoms. The van der Waals surface area contributed by atoms with Gasteiger partial charge in [-0.1, -0.05) is 0 Å². The normalized spacial score (nSPS) is 21.8. The summed E-state index contributed by atoms with van der Waals surface area (Å²) < 4.78 is 5.26. The number of amides is 1. The molecular weight excluding hydrogens is 298 g/mol. The van der Waals surface area contributed by atoms with E-state index in [1.807, 2.05) is 34.6 Å². The van der Waals surface area contributed by atoms with Gasteiger partial charge in [-0.3, -0.25) is 14.4 Å². The van der Waals surface area contributed by atoms with Gasteiger partial charge in [0.1, 0.15) is 5.60 Å². The van der Waals surface area contributed by atoms with Crippen LogP contribution in [0.2, 0.25) is 0 Å². The highest BCUT2D eigenvalue weighted by Crippen LogP contribution is 2.31. The topological polar surface area (TPSA) is 92.7 Å². The number of carbonyl (C=O) groups is 3. The molecule has 1 aliphatic rings. The van der Waals surface area contributed by atoms with Gasteiger partial charge >= 0.3 is 11.9 Å². The third-order valence-electron chi connectivity index (χ3n) is 3.99. The van der Waals surface area contributed by atoms with Gasteiger partial charge in [0.2, 0.25) is 5.91 Å². The molecule has 0 bridgehead atoms. The quantitative estimate of drug-likeness (QED) is 0.731. The van der Waals surface area contributed by atoms with E-state index in [9.17, 15) is 14.4 Å². The molecule has 1 fully saturated rings. The second-order valence-corrected chi connectivity index (χ2v) is 8.00. The SMILES string of the molecule is CC(C)(CCC(=O)OC(C)(C)C)NC(=O)[C@@H]1CC[C@H](C(=O)O)C1. The number of carboxylic acid groups (broad SMARTS) is 1. The van der Waals surface area contributed by atoms with Crippen molar-refractivity contribution in [2.75, 3.05) is 0 Å². The molecule has 0 saturated heterocycles. The van der Waals surface area contributed by atoms with Gasteiger partial charge in [-0.15, -0.1) is 0 Å². The van der Waals surface area contributed by atoms with Crippen LogP contribution in [0.15, 0.2) is 0 Å². The lowest BCUT2D eigenvalue weighted by Gasteiger charge is -2.28. The lowest BCUT2D eigenvalue weighted by Crippen LogP contribution is -2.46. The van der Waals surface area contributed by atoms with Crippen molar-refractivity contribution in [2.45, 2.75) is 77.9 Å². The van der Waals surface area contributed by atoms with Crippen LogP contribution < -0.4 is 5.32 Å². The Balaban J connectivity index is 2.44. The number of aliphatic carboxylic acids is 1. The smallest absolute Gasteiger partial charge is 0.306 e. The largest absolute Gasteiger partial charge is 0.481 e. The summed E-state index contributed by atoms with van der Waals surface area (Å²) in [5, 5.41) is 11.9. The number of carbonyl (C=O) groups excluding carboxylic acids is 2. The number of carboxylic acids is 1. The van der Waals surface area contributed by atoms with Gasteiger partial charge in [0.25, 0.3) is 0 Å². The van der Waals surface area contributed by atoms with Crippen LogP contribution in [-0.4, -0.2) is 34.1 Å². The maximum atomic E-state index is 12.3. The van der Waals surface area contributed by atoms with E-state index in [4.69, 9.17) is 9.84 Å². The number of hydrogen-bond donors (Lipinski definition) is 2. The van der Waals surface area contributed by atoms with Gasteiger partial charge in [0, 0.05) is 17.9 Å². The molecule has 1 amide bonds. The molecule has 6 heteroatoms. The molecule has 0 aliphatic heterocycles. The van der Waals surface area contributed by atoms with E-state index in [1.165, 1.54) is 0 Å². The molecule has 0 aromatic rings. The Kier molecular flexibility index (Phi) is 6.19. The molecule has 0 unspecified atom stereocenters. The molecule has 0 radical (unpaired) electrons. The van der Waals surface area contributed by atoms with Crippen LogP contribution in [0.1, 0.15) is 66.7 Å². The first-order valence-corrected chi connectivity index (χ1v) is 8.16. The number of hydrogen-bond acceptors (Lipinski definition) is 4. The maximum Gasteiger partial charge on any atom is 0.306 e. The molecule has 0 aromatic heterocycles. The Bertz CT molecular complexity index is 464. The predicted molar refractivity (Wildman–Crippen MR) is 85.8 cm³/mol. The minimum atomic E-state index is -0.829. The Morgan fingerprint density at radius 3 is 2.13 bits per heavy atom. The summed E-state index contributed by atoms with van der Waals surface area (Å²) >= 11 is 0. The highest BCUT2D eigenvalue weighted by Gasteiger charge is 2.35. The molecule has 1 saturated carbocycles. The summed E-state index contributed by atoms with van der Waals surface area (Å²) in [6.45, 7) is 9.17. The van der Waals surface area contributed by atoms with Gasteiger partial charge in [-0.05, 0) is 60.3 Å². The van der Waals surface area contributed by atoms with Gasteiger partial charge in [-0.2, -0.15) is 0 Å². The monoisotopic (exact) mass is 327 g/mol. The van der Waals surface area contributed by atoms with Crippen LogP contribution in [0.3, 0.4) is 0 Å². The summed E-state index contributed by atoms with van der Waals surface area (Å²) in [7, 11) is 0. The number of rotatable bonds is 6. The van der Waals surface area contributed by atoms with Gasteiger partial charge in [0.05, 0.1) is 5.92 Å². The fourth-order valence-electron chi connectivity index (χ4n) is 2.75. The summed E-state index contributed by atoms with van der Waals surface area (Å²) in [6.07, 6.45) is 2.25. The molecule has 1 rings (SSSR count). The zero-order valence-corrected chi connectivity index (χ0v) is 14.8. The van der Waals surface area contributed by atoms with Crippen LogP contribution in [0.4, 0.5) is 0 Å². The van der Waals surface area contributed by atoms with Crippen molar-refractivity contribution in [3.63, 3.8) is 0 Å². The number of nitrogens with one attached hydrogen (secondary N) is 1. The average Bonchev–Trinajstić information content (AvgIpc) is 2.83. The molecule has 2 atom stereocenters. The van der Waals surface area contributed by atoms with Crippen LogP contribution >= 0.6 is 0 Å². The zero-order valence-electron chi connectivity index (χ0n) is 14.8. The first kappa shape index (κ1) is 19.5. The van der Waals surface area contributed by atoms with Crippen molar-refractivity contribution in [1.29, 1.82) is 0 Å². The predicted octanol–water partition coefficient (Wildman–Crippen LogP) is 2.50. The lowest BCUT2D eigenvalue weighted by atomic mass is 9.96. The highest BCUT2D eigenvalue weighted by molar-refractivity contribution is 5.81. The van der Waals surface area contributed by atoms with Gasteiger partial charge in [-0.25, -0.2) is 0 Å². The molecule has 23 heavy (non-hydrogen) atoms. The molecule has 0 aromatic carbocycles. The Morgan fingerprint density at radius 1 is 1.09 bits per heavy atom. The summed E-state index contributed by atoms with van der Waals surface area (Å²) in [5.41, 5.74) is -1.05. The van der Waals surface area contributed by atoms with E-state index < -0.39 is 23.0 Å². The number of esters is 1. The van der Waals surface area contributed by atoms with Crippen molar-refractivity contribution < 1.29 is 24.2 Å². The minimum Gasteiger partial charge on any atom is -0.481 e.